The molecule has 1 heterocycles. The summed E-state index contributed by atoms with van der Waals surface area (Å²) in [5.41, 5.74) is -0.0619. The molecule has 3 aromatic rings. The predicted octanol–water partition coefficient (Wildman–Crippen LogP) is 3.31. The Labute approximate surface area is 180 Å². The monoisotopic (exact) mass is 439 g/mol. The van der Waals surface area contributed by atoms with Gasteiger partial charge in [-0.05, 0) is 24.3 Å². The Balaban J connectivity index is 2.01. The molecule has 1 aromatic heterocycles. The Bertz CT molecular complexity index is 1230. The van der Waals surface area contributed by atoms with E-state index in [9.17, 15) is 13.6 Å². The molecular formula is C21H15F2N5O4. The average molecular weight is 439 g/mol. The van der Waals surface area contributed by atoms with Gasteiger partial charge in [0, 0.05) is 13.1 Å². The number of para-hydroxylation sites is 1. The number of aromatic nitrogens is 2. The van der Waals surface area contributed by atoms with Crippen molar-refractivity contribution in [1.82, 2.24) is 15.3 Å². The van der Waals surface area contributed by atoms with E-state index >= 15 is 0 Å². The van der Waals surface area contributed by atoms with Gasteiger partial charge in [0.05, 0.1) is 11.1 Å². The number of amides is 1. The van der Waals surface area contributed by atoms with Gasteiger partial charge in [-0.1, -0.05) is 17.3 Å². The highest BCUT2D eigenvalue weighted by Gasteiger charge is 2.23. The topological polar surface area (TPSA) is 119 Å². The third kappa shape index (κ3) is 4.76. The van der Waals surface area contributed by atoms with Crippen molar-refractivity contribution >= 4 is 11.6 Å². The molecule has 0 spiro atoms. The summed E-state index contributed by atoms with van der Waals surface area (Å²) < 4.78 is 39.7. The lowest BCUT2D eigenvalue weighted by molar-refractivity contribution is -0.114. The first kappa shape index (κ1) is 22.1. The summed E-state index contributed by atoms with van der Waals surface area (Å²) in [6, 6.07) is 11.3. The number of nitrogens with one attached hydrogen (secondary N) is 1. The van der Waals surface area contributed by atoms with Crippen LogP contribution >= 0.6 is 0 Å². The average Bonchev–Trinajstić information content (AvgIpc) is 2.80. The smallest absolute Gasteiger partial charge is 0.273 e. The number of nitriles is 1. The highest BCUT2D eigenvalue weighted by molar-refractivity contribution is 6.45. The summed E-state index contributed by atoms with van der Waals surface area (Å²) in [4.78, 5) is 24.3. The van der Waals surface area contributed by atoms with Crippen LogP contribution in [0, 0.1) is 23.0 Å². The highest BCUT2D eigenvalue weighted by Crippen LogP contribution is 2.32. The summed E-state index contributed by atoms with van der Waals surface area (Å²) in [6.45, 7) is 0. The number of rotatable bonds is 7. The van der Waals surface area contributed by atoms with Crippen LogP contribution in [0.25, 0.3) is 0 Å². The Morgan fingerprint density at radius 3 is 2.44 bits per heavy atom. The van der Waals surface area contributed by atoms with Crippen LogP contribution in [0.1, 0.15) is 11.1 Å². The Kier molecular flexibility index (Phi) is 6.87. The standard InChI is InChI=1S/C21H15F2N5O4/c1-25-19(29)18(28-30-2)14-8-7-13(22)9-16(14)32-21-17(23)20(26-11-27-21)31-15-6-4-3-5-12(15)10-24/h3-9,11H,1-2H3,(H,25,29)/b28-18+. The zero-order valence-electron chi connectivity index (χ0n) is 16.8. The molecule has 1 N–H and O–H groups in total. The summed E-state index contributed by atoms with van der Waals surface area (Å²) in [5.74, 6) is -3.79. The van der Waals surface area contributed by atoms with Gasteiger partial charge in [0.15, 0.2) is 5.71 Å². The second-order valence-corrected chi connectivity index (χ2v) is 5.95. The van der Waals surface area contributed by atoms with Crippen molar-refractivity contribution < 1.29 is 27.9 Å². The summed E-state index contributed by atoms with van der Waals surface area (Å²) >= 11 is 0. The number of likely N-dealkylation sites (N-methyl/N-ethyl adjacent to an activating group) is 1. The molecule has 0 saturated carbocycles. The molecule has 0 bridgehead atoms. The molecule has 0 aliphatic heterocycles. The maximum absolute atomic E-state index is 15.0. The van der Waals surface area contributed by atoms with Crippen molar-refractivity contribution in [2.75, 3.05) is 14.2 Å². The third-order valence-electron chi connectivity index (χ3n) is 3.97. The number of ether oxygens (including phenoxy) is 2. The maximum atomic E-state index is 15.0. The van der Waals surface area contributed by atoms with E-state index in [-0.39, 0.29) is 28.3 Å². The molecule has 0 fully saturated rings. The number of hydrogen-bond donors (Lipinski definition) is 1. The number of hydrogen-bond acceptors (Lipinski definition) is 8. The SMILES string of the molecule is CNC(=O)/C(=N/OC)c1ccc(F)cc1Oc1ncnc(Oc2ccccc2C#N)c1F. The van der Waals surface area contributed by atoms with Gasteiger partial charge >= 0.3 is 0 Å². The molecule has 9 nitrogen and oxygen atoms in total. The summed E-state index contributed by atoms with van der Waals surface area (Å²) in [7, 11) is 2.59. The number of benzene rings is 2. The normalized spacial score (nSPS) is 10.8. The van der Waals surface area contributed by atoms with Gasteiger partial charge in [0.25, 0.3) is 17.7 Å². The molecule has 0 unspecified atom stereocenters. The van der Waals surface area contributed by atoms with Crippen molar-refractivity contribution in [3.63, 3.8) is 0 Å². The summed E-state index contributed by atoms with van der Waals surface area (Å²) in [6.07, 6.45) is 0.963. The second kappa shape index (κ2) is 9.94. The maximum Gasteiger partial charge on any atom is 0.273 e. The van der Waals surface area contributed by atoms with Crippen molar-refractivity contribution in [3.8, 4) is 29.3 Å². The Hall–Kier alpha value is -4.59. The quantitative estimate of drug-likeness (QED) is 0.443. The molecule has 3 rings (SSSR count). The van der Waals surface area contributed by atoms with Crippen LogP contribution in [-0.4, -0.2) is 35.7 Å². The van der Waals surface area contributed by atoms with Crippen LogP contribution in [0.15, 0.2) is 53.9 Å². The Morgan fingerprint density at radius 1 is 1.09 bits per heavy atom. The van der Waals surface area contributed by atoms with Crippen LogP contribution in [0.3, 0.4) is 0 Å². The van der Waals surface area contributed by atoms with Gasteiger partial charge in [-0.3, -0.25) is 4.79 Å². The van der Waals surface area contributed by atoms with Crippen molar-refractivity contribution in [2.45, 2.75) is 0 Å². The van der Waals surface area contributed by atoms with E-state index in [2.05, 4.69) is 25.3 Å². The lowest BCUT2D eigenvalue weighted by Crippen LogP contribution is -2.29. The number of nitrogens with zero attached hydrogens (tertiary/aromatic N) is 4. The fraction of sp³-hybridized carbons (Fsp3) is 0.0952. The van der Waals surface area contributed by atoms with Gasteiger partial charge in [-0.25, -0.2) is 4.39 Å². The van der Waals surface area contributed by atoms with Gasteiger partial charge in [-0.2, -0.15) is 19.6 Å². The van der Waals surface area contributed by atoms with Gasteiger partial charge in [0.2, 0.25) is 5.82 Å². The van der Waals surface area contributed by atoms with Gasteiger partial charge < -0.3 is 19.6 Å². The molecule has 0 radical (unpaired) electrons. The molecule has 1 amide bonds. The first-order chi connectivity index (χ1) is 15.5. The number of halogens is 2. The lowest BCUT2D eigenvalue weighted by atomic mass is 10.1. The van der Waals surface area contributed by atoms with Gasteiger partial charge in [0.1, 0.15) is 36.8 Å². The third-order valence-corrected chi connectivity index (χ3v) is 3.97. The van der Waals surface area contributed by atoms with E-state index < -0.39 is 29.3 Å². The highest BCUT2D eigenvalue weighted by atomic mass is 19.1. The van der Waals surface area contributed by atoms with Gasteiger partial charge in [-0.15, -0.1) is 0 Å². The minimum atomic E-state index is -1.11. The molecule has 11 heteroatoms. The zero-order valence-corrected chi connectivity index (χ0v) is 16.8. The van der Waals surface area contributed by atoms with Crippen molar-refractivity contribution in [3.05, 3.63) is 71.6 Å². The van der Waals surface area contributed by atoms with Crippen molar-refractivity contribution in [2.24, 2.45) is 5.16 Å². The number of oxime groups is 1. The molecular weight excluding hydrogens is 424 g/mol. The molecule has 162 valence electrons. The van der Waals surface area contributed by atoms with Crippen LogP contribution in [0.2, 0.25) is 0 Å². The molecule has 32 heavy (non-hydrogen) atoms. The van der Waals surface area contributed by atoms with E-state index in [1.54, 1.807) is 12.1 Å². The minimum Gasteiger partial charge on any atom is -0.435 e. The molecule has 0 aliphatic rings. The first-order valence-corrected chi connectivity index (χ1v) is 8.97. The molecule has 0 aliphatic carbocycles. The minimum absolute atomic E-state index is 0.0166. The van der Waals surface area contributed by atoms with Crippen LogP contribution in [0.4, 0.5) is 8.78 Å². The van der Waals surface area contributed by atoms with E-state index in [0.717, 1.165) is 18.5 Å². The number of carbonyl (C=O) groups excluding carboxylic acids is 1. The Morgan fingerprint density at radius 2 is 1.78 bits per heavy atom. The summed E-state index contributed by atoms with van der Waals surface area (Å²) in [5, 5.41) is 15.2. The molecule has 2 aromatic carbocycles. The fourth-order valence-electron chi connectivity index (χ4n) is 2.54. The predicted molar refractivity (Wildman–Crippen MR) is 107 cm³/mol. The van der Waals surface area contributed by atoms with E-state index in [4.69, 9.17) is 14.7 Å². The lowest BCUT2D eigenvalue weighted by Gasteiger charge is -2.13. The van der Waals surface area contributed by atoms with Crippen molar-refractivity contribution in [1.29, 1.82) is 5.26 Å². The molecule has 0 saturated heterocycles. The first-order valence-electron chi connectivity index (χ1n) is 8.97. The fourth-order valence-corrected chi connectivity index (χ4v) is 2.54. The van der Waals surface area contributed by atoms with E-state index in [0.29, 0.717) is 0 Å². The van der Waals surface area contributed by atoms with E-state index in [1.165, 1.54) is 32.4 Å². The number of carbonyl (C=O) groups is 1. The zero-order chi connectivity index (χ0) is 23.1. The largest absolute Gasteiger partial charge is 0.435 e. The van der Waals surface area contributed by atoms with Crippen LogP contribution < -0.4 is 14.8 Å². The van der Waals surface area contributed by atoms with E-state index in [1.807, 2.05) is 6.07 Å². The second-order valence-electron chi connectivity index (χ2n) is 5.95. The van der Waals surface area contributed by atoms with Crippen LogP contribution in [0.5, 0.6) is 23.3 Å². The molecule has 0 atom stereocenters. The van der Waals surface area contributed by atoms with Crippen LogP contribution in [-0.2, 0) is 9.63 Å².